The highest BCUT2D eigenvalue weighted by molar-refractivity contribution is 6.43. The third kappa shape index (κ3) is 3.57. The zero-order chi connectivity index (χ0) is 18.0. The number of nitrogen functional groups attached to an aromatic ring is 1. The molecule has 0 spiro atoms. The van der Waals surface area contributed by atoms with E-state index in [1.165, 1.54) is 7.11 Å². The number of amides is 1. The molecule has 3 rings (SSSR count). The first-order valence-electron chi connectivity index (χ1n) is 7.28. The topological polar surface area (TPSA) is 77.5 Å². The first-order valence-corrected chi connectivity index (χ1v) is 8.04. The zero-order valence-corrected chi connectivity index (χ0v) is 14.7. The Bertz CT molecular complexity index is 938. The van der Waals surface area contributed by atoms with E-state index >= 15 is 0 Å². The third-order valence-electron chi connectivity index (χ3n) is 3.52. The highest BCUT2D eigenvalue weighted by Gasteiger charge is 2.16. The van der Waals surface area contributed by atoms with Gasteiger partial charge < -0.3 is 20.2 Å². The summed E-state index contributed by atoms with van der Waals surface area (Å²) in [4.78, 5) is 12.4. The Balaban J connectivity index is 1.85. The van der Waals surface area contributed by atoms with Gasteiger partial charge in [-0.1, -0.05) is 29.3 Å². The SMILES string of the molecule is COc1cc(N)ccc1NC(=O)c1ccc(-c2cccc(Cl)c2Cl)o1. The monoisotopic (exact) mass is 376 g/mol. The van der Waals surface area contributed by atoms with Crippen LogP contribution in [0.15, 0.2) is 52.9 Å². The number of carbonyl (C=O) groups excluding carboxylic acids is 1. The molecule has 128 valence electrons. The van der Waals surface area contributed by atoms with E-state index in [4.69, 9.17) is 38.1 Å². The van der Waals surface area contributed by atoms with Crippen LogP contribution in [-0.4, -0.2) is 13.0 Å². The van der Waals surface area contributed by atoms with Crippen LogP contribution in [0.2, 0.25) is 10.0 Å². The predicted octanol–water partition coefficient (Wildman–Crippen LogP) is 5.10. The van der Waals surface area contributed by atoms with Crippen LogP contribution in [0.5, 0.6) is 5.75 Å². The standard InChI is InChI=1S/C18H14Cl2N2O3/c1-24-16-9-10(21)5-6-13(16)22-18(23)15-8-7-14(25-15)11-3-2-4-12(19)17(11)20/h2-9H,21H2,1H3,(H,22,23). The molecule has 0 aliphatic heterocycles. The molecule has 0 atom stereocenters. The lowest BCUT2D eigenvalue weighted by molar-refractivity contribution is 0.0997. The molecule has 0 bridgehead atoms. The summed E-state index contributed by atoms with van der Waals surface area (Å²) in [6.45, 7) is 0. The number of ether oxygens (including phenoxy) is 1. The van der Waals surface area contributed by atoms with Gasteiger partial charge in [0.2, 0.25) is 0 Å². The highest BCUT2D eigenvalue weighted by Crippen LogP contribution is 2.34. The summed E-state index contributed by atoms with van der Waals surface area (Å²) in [7, 11) is 1.50. The van der Waals surface area contributed by atoms with Crippen LogP contribution in [-0.2, 0) is 0 Å². The van der Waals surface area contributed by atoms with E-state index in [9.17, 15) is 4.79 Å². The summed E-state index contributed by atoms with van der Waals surface area (Å²) < 4.78 is 10.8. The number of furan rings is 1. The number of methoxy groups -OCH3 is 1. The Morgan fingerprint density at radius 2 is 1.96 bits per heavy atom. The number of nitrogens with one attached hydrogen (secondary N) is 1. The van der Waals surface area contributed by atoms with E-state index in [1.807, 2.05) is 0 Å². The maximum Gasteiger partial charge on any atom is 0.291 e. The van der Waals surface area contributed by atoms with E-state index in [0.717, 1.165) is 0 Å². The quantitative estimate of drug-likeness (QED) is 0.621. The largest absolute Gasteiger partial charge is 0.494 e. The van der Waals surface area contributed by atoms with E-state index < -0.39 is 5.91 Å². The number of hydrogen-bond acceptors (Lipinski definition) is 4. The molecule has 0 radical (unpaired) electrons. The van der Waals surface area contributed by atoms with Crippen LogP contribution in [0.4, 0.5) is 11.4 Å². The molecule has 7 heteroatoms. The fourth-order valence-electron chi connectivity index (χ4n) is 2.29. The molecule has 3 N–H and O–H groups in total. The van der Waals surface area contributed by atoms with Crippen molar-refractivity contribution in [2.24, 2.45) is 0 Å². The van der Waals surface area contributed by atoms with Gasteiger partial charge in [-0.2, -0.15) is 0 Å². The molecule has 25 heavy (non-hydrogen) atoms. The Kier molecular flexibility index (Phi) is 4.88. The van der Waals surface area contributed by atoms with Gasteiger partial charge >= 0.3 is 0 Å². The number of benzene rings is 2. The van der Waals surface area contributed by atoms with Crippen molar-refractivity contribution in [1.29, 1.82) is 0 Å². The van der Waals surface area contributed by atoms with Crippen LogP contribution >= 0.6 is 23.2 Å². The Hall–Kier alpha value is -2.63. The molecule has 0 fully saturated rings. The van der Waals surface area contributed by atoms with Gasteiger partial charge in [-0.3, -0.25) is 4.79 Å². The molecule has 0 saturated heterocycles. The molecule has 1 aromatic heterocycles. The average molecular weight is 377 g/mol. The van der Waals surface area contributed by atoms with Crippen LogP contribution < -0.4 is 15.8 Å². The minimum Gasteiger partial charge on any atom is -0.494 e. The predicted molar refractivity (Wildman–Crippen MR) is 99.5 cm³/mol. The summed E-state index contributed by atoms with van der Waals surface area (Å²) in [5.74, 6) is 0.609. The van der Waals surface area contributed by atoms with Gasteiger partial charge in [0, 0.05) is 17.3 Å². The van der Waals surface area contributed by atoms with Gasteiger partial charge in [-0.15, -0.1) is 0 Å². The molecule has 2 aromatic carbocycles. The smallest absolute Gasteiger partial charge is 0.291 e. The van der Waals surface area contributed by atoms with Crippen LogP contribution in [0.25, 0.3) is 11.3 Å². The summed E-state index contributed by atoms with van der Waals surface area (Å²) in [6.07, 6.45) is 0. The minimum absolute atomic E-state index is 0.130. The zero-order valence-electron chi connectivity index (χ0n) is 13.2. The fraction of sp³-hybridized carbons (Fsp3) is 0.0556. The number of hydrogen-bond donors (Lipinski definition) is 2. The highest BCUT2D eigenvalue weighted by atomic mass is 35.5. The summed E-state index contributed by atoms with van der Waals surface area (Å²) in [5, 5.41) is 3.50. The van der Waals surface area contributed by atoms with Crippen LogP contribution in [0.1, 0.15) is 10.6 Å². The minimum atomic E-state index is -0.424. The van der Waals surface area contributed by atoms with Crippen molar-refractivity contribution >= 4 is 40.5 Å². The van der Waals surface area contributed by atoms with Crippen LogP contribution in [0.3, 0.4) is 0 Å². The lowest BCUT2D eigenvalue weighted by Crippen LogP contribution is -2.11. The molecule has 5 nitrogen and oxygen atoms in total. The number of nitrogens with two attached hydrogens (primary N) is 1. The van der Waals surface area contributed by atoms with E-state index in [0.29, 0.717) is 38.5 Å². The molecule has 1 amide bonds. The molecule has 0 unspecified atom stereocenters. The number of anilines is 2. The van der Waals surface area contributed by atoms with Gasteiger partial charge in [-0.05, 0) is 36.4 Å². The van der Waals surface area contributed by atoms with Gasteiger partial charge in [-0.25, -0.2) is 0 Å². The van der Waals surface area contributed by atoms with Gasteiger partial charge in [0.05, 0.1) is 22.8 Å². The van der Waals surface area contributed by atoms with Crippen molar-refractivity contribution in [2.45, 2.75) is 0 Å². The molecule has 0 aliphatic carbocycles. The summed E-state index contributed by atoms with van der Waals surface area (Å²) >= 11 is 12.2. The van der Waals surface area contributed by atoms with Gasteiger partial charge in [0.15, 0.2) is 5.76 Å². The average Bonchev–Trinajstić information content (AvgIpc) is 3.08. The van der Waals surface area contributed by atoms with E-state index in [1.54, 1.807) is 48.5 Å². The Morgan fingerprint density at radius 3 is 2.72 bits per heavy atom. The second-order valence-electron chi connectivity index (χ2n) is 5.18. The second-order valence-corrected chi connectivity index (χ2v) is 5.96. The third-order valence-corrected chi connectivity index (χ3v) is 4.34. The van der Waals surface area contributed by atoms with Crippen molar-refractivity contribution in [3.8, 4) is 17.1 Å². The maximum absolute atomic E-state index is 12.4. The number of carbonyl (C=O) groups is 1. The number of halogens is 2. The van der Waals surface area contributed by atoms with Gasteiger partial charge in [0.1, 0.15) is 11.5 Å². The van der Waals surface area contributed by atoms with Crippen molar-refractivity contribution in [1.82, 2.24) is 0 Å². The molecular formula is C18H14Cl2N2O3. The van der Waals surface area contributed by atoms with Crippen molar-refractivity contribution in [3.63, 3.8) is 0 Å². The van der Waals surface area contributed by atoms with E-state index in [-0.39, 0.29) is 5.76 Å². The van der Waals surface area contributed by atoms with Crippen molar-refractivity contribution < 1.29 is 13.9 Å². The Labute approximate surface area is 154 Å². The molecule has 3 aromatic rings. The van der Waals surface area contributed by atoms with E-state index in [2.05, 4.69) is 5.32 Å². The summed E-state index contributed by atoms with van der Waals surface area (Å²) in [6, 6.07) is 13.4. The van der Waals surface area contributed by atoms with Crippen LogP contribution in [0, 0.1) is 0 Å². The molecular weight excluding hydrogens is 363 g/mol. The van der Waals surface area contributed by atoms with Crippen molar-refractivity contribution in [3.05, 3.63) is 64.3 Å². The molecule has 1 heterocycles. The molecule has 0 saturated carbocycles. The lowest BCUT2D eigenvalue weighted by atomic mass is 10.2. The Morgan fingerprint density at radius 1 is 1.16 bits per heavy atom. The maximum atomic E-state index is 12.4. The number of rotatable bonds is 4. The lowest BCUT2D eigenvalue weighted by Gasteiger charge is -2.09. The first-order chi connectivity index (χ1) is 12.0. The fourth-order valence-corrected chi connectivity index (χ4v) is 2.69. The normalized spacial score (nSPS) is 10.5. The van der Waals surface area contributed by atoms with Gasteiger partial charge in [0.25, 0.3) is 5.91 Å². The van der Waals surface area contributed by atoms with Crippen molar-refractivity contribution in [2.75, 3.05) is 18.2 Å². The summed E-state index contributed by atoms with van der Waals surface area (Å²) in [5.41, 5.74) is 7.33. The second kappa shape index (κ2) is 7.09. The first kappa shape index (κ1) is 17.2. The molecule has 0 aliphatic rings.